The minimum absolute atomic E-state index is 0.136. The number of carboxylic acids is 1. The second-order valence-electron chi connectivity index (χ2n) is 9.22. The third-order valence-corrected chi connectivity index (χ3v) is 6.18. The number of piperidine rings is 1. The highest BCUT2D eigenvalue weighted by Crippen LogP contribution is 2.28. The topological polar surface area (TPSA) is 78.9 Å². The molecule has 6 nitrogen and oxygen atoms in total. The summed E-state index contributed by atoms with van der Waals surface area (Å²) in [7, 11) is 1.65. The van der Waals surface area contributed by atoms with Gasteiger partial charge < -0.3 is 20.1 Å². The Morgan fingerprint density at radius 2 is 1.51 bits per heavy atom. The molecule has 1 aliphatic heterocycles. The normalized spacial score (nSPS) is 17.1. The number of rotatable bonds is 6. The SMILES string of the molecule is COc1ccc(C#Cc2ccc(C(=O)N3CCCC(CNCC4CC4)C3)cc2)cc1.O=C(O)C(F)(F)F. The lowest BCUT2D eigenvalue weighted by atomic mass is 9.97. The number of likely N-dealkylation sites (tertiary alicyclic amines) is 1. The third-order valence-electron chi connectivity index (χ3n) is 6.18. The monoisotopic (exact) mass is 516 g/mol. The van der Waals surface area contributed by atoms with Crippen LogP contribution in [0.2, 0.25) is 0 Å². The molecule has 2 aromatic rings. The third kappa shape index (κ3) is 9.47. The second-order valence-corrected chi connectivity index (χ2v) is 9.22. The Morgan fingerprint density at radius 3 is 2.03 bits per heavy atom. The number of nitrogens with one attached hydrogen (secondary N) is 1. The highest BCUT2D eigenvalue weighted by atomic mass is 19.4. The summed E-state index contributed by atoms with van der Waals surface area (Å²) in [5.41, 5.74) is 2.59. The van der Waals surface area contributed by atoms with Gasteiger partial charge >= 0.3 is 12.1 Å². The number of carboxylic acid groups (broad SMARTS) is 1. The van der Waals surface area contributed by atoms with Gasteiger partial charge in [0.05, 0.1) is 7.11 Å². The molecule has 0 bridgehead atoms. The van der Waals surface area contributed by atoms with Crippen LogP contribution in [0.5, 0.6) is 5.75 Å². The van der Waals surface area contributed by atoms with Gasteiger partial charge in [0, 0.05) is 29.8 Å². The molecule has 2 N–H and O–H groups in total. The highest BCUT2D eigenvalue weighted by Gasteiger charge is 2.38. The van der Waals surface area contributed by atoms with E-state index in [1.807, 2.05) is 53.4 Å². The molecule has 1 saturated heterocycles. The Morgan fingerprint density at radius 1 is 0.973 bits per heavy atom. The summed E-state index contributed by atoms with van der Waals surface area (Å²) in [6.45, 7) is 3.89. The maximum Gasteiger partial charge on any atom is 0.490 e. The van der Waals surface area contributed by atoms with Crippen LogP contribution in [-0.4, -0.2) is 61.3 Å². The maximum absolute atomic E-state index is 12.9. The van der Waals surface area contributed by atoms with Crippen LogP contribution in [0.15, 0.2) is 48.5 Å². The first-order valence-electron chi connectivity index (χ1n) is 12.2. The van der Waals surface area contributed by atoms with Crippen LogP contribution in [-0.2, 0) is 4.79 Å². The van der Waals surface area contributed by atoms with E-state index in [0.29, 0.717) is 5.92 Å². The first-order valence-corrected chi connectivity index (χ1v) is 12.2. The zero-order valence-corrected chi connectivity index (χ0v) is 20.7. The first kappa shape index (κ1) is 28.1. The Balaban J connectivity index is 0.000000479. The quantitative estimate of drug-likeness (QED) is 0.550. The van der Waals surface area contributed by atoms with Crippen molar-refractivity contribution in [3.63, 3.8) is 0 Å². The standard InChI is InChI=1S/C26H30N2O2.C2HF3O2/c1-30-25-14-10-21(11-15-25)5-4-20-8-12-24(13-9-20)26(29)28-16-2-3-23(19-28)18-27-17-22-6-7-22;3-2(4,5)1(6)7/h8-15,22-23,27H,2-3,6-7,16-19H2,1H3;(H,6,7). The number of benzene rings is 2. The molecule has 198 valence electrons. The van der Waals surface area contributed by atoms with Crippen molar-refractivity contribution in [1.29, 1.82) is 0 Å². The predicted molar refractivity (Wildman–Crippen MR) is 133 cm³/mol. The molecule has 2 fully saturated rings. The van der Waals surface area contributed by atoms with Crippen LogP contribution in [0.4, 0.5) is 13.2 Å². The molecule has 0 radical (unpaired) electrons. The van der Waals surface area contributed by atoms with Gasteiger partial charge in [-0.3, -0.25) is 4.79 Å². The molecule has 9 heteroatoms. The number of nitrogens with zero attached hydrogens (tertiary/aromatic N) is 1. The van der Waals surface area contributed by atoms with Crippen molar-refractivity contribution >= 4 is 11.9 Å². The van der Waals surface area contributed by atoms with Gasteiger partial charge in [0.1, 0.15) is 5.75 Å². The largest absolute Gasteiger partial charge is 0.497 e. The number of methoxy groups -OCH3 is 1. The molecule has 4 rings (SSSR count). The van der Waals surface area contributed by atoms with Crippen LogP contribution >= 0.6 is 0 Å². The number of carbonyl (C=O) groups excluding carboxylic acids is 1. The Bertz CT molecular complexity index is 1100. The van der Waals surface area contributed by atoms with Gasteiger partial charge in [-0.25, -0.2) is 4.79 Å². The number of alkyl halides is 3. The molecule has 1 unspecified atom stereocenters. The lowest BCUT2D eigenvalue weighted by Gasteiger charge is -2.33. The smallest absolute Gasteiger partial charge is 0.490 e. The van der Waals surface area contributed by atoms with Crippen LogP contribution in [0, 0.1) is 23.7 Å². The molecule has 2 aliphatic rings. The van der Waals surface area contributed by atoms with Gasteiger partial charge in [-0.05, 0) is 99.1 Å². The van der Waals surface area contributed by atoms with E-state index in [0.717, 1.165) is 61.0 Å². The van der Waals surface area contributed by atoms with Crippen LogP contribution in [0.3, 0.4) is 0 Å². The van der Waals surface area contributed by atoms with Crippen molar-refractivity contribution in [3.8, 4) is 17.6 Å². The van der Waals surface area contributed by atoms with Gasteiger partial charge in [0.15, 0.2) is 0 Å². The van der Waals surface area contributed by atoms with Crippen LogP contribution in [0.25, 0.3) is 0 Å². The van der Waals surface area contributed by atoms with Gasteiger partial charge in [-0.2, -0.15) is 13.2 Å². The number of ether oxygens (including phenoxy) is 1. The average molecular weight is 517 g/mol. The Hall–Kier alpha value is -3.51. The van der Waals surface area contributed by atoms with Gasteiger partial charge in [0.2, 0.25) is 0 Å². The second kappa shape index (κ2) is 13.2. The molecule has 1 aliphatic carbocycles. The lowest BCUT2D eigenvalue weighted by molar-refractivity contribution is -0.192. The fourth-order valence-electron chi connectivity index (χ4n) is 3.93. The van der Waals surface area contributed by atoms with E-state index in [-0.39, 0.29) is 5.91 Å². The van der Waals surface area contributed by atoms with E-state index in [9.17, 15) is 18.0 Å². The zero-order chi connectivity index (χ0) is 26.8. The summed E-state index contributed by atoms with van der Waals surface area (Å²) in [5.74, 6) is 5.99. The lowest BCUT2D eigenvalue weighted by Crippen LogP contribution is -2.43. The molecule has 0 spiro atoms. The number of carbonyl (C=O) groups is 2. The number of amides is 1. The van der Waals surface area contributed by atoms with Gasteiger partial charge in [-0.15, -0.1) is 0 Å². The van der Waals surface area contributed by atoms with Crippen molar-refractivity contribution in [3.05, 3.63) is 65.2 Å². The summed E-state index contributed by atoms with van der Waals surface area (Å²) in [6, 6.07) is 15.3. The van der Waals surface area contributed by atoms with Crippen molar-refractivity contribution in [2.24, 2.45) is 11.8 Å². The van der Waals surface area contributed by atoms with Crippen molar-refractivity contribution in [2.45, 2.75) is 31.9 Å². The molecule has 1 atom stereocenters. The summed E-state index contributed by atoms with van der Waals surface area (Å²) >= 11 is 0. The Kier molecular flexibility index (Phi) is 9.98. The molecular weight excluding hydrogens is 485 g/mol. The highest BCUT2D eigenvalue weighted by molar-refractivity contribution is 5.94. The summed E-state index contributed by atoms with van der Waals surface area (Å²) < 4.78 is 36.9. The van der Waals surface area contributed by atoms with Crippen molar-refractivity contribution in [1.82, 2.24) is 10.2 Å². The van der Waals surface area contributed by atoms with Gasteiger partial charge in [-0.1, -0.05) is 11.8 Å². The Labute approximate surface area is 214 Å². The van der Waals surface area contributed by atoms with Crippen LogP contribution in [0.1, 0.15) is 47.2 Å². The molecule has 1 saturated carbocycles. The molecular formula is C28H31F3N2O4. The molecule has 2 aromatic carbocycles. The fourth-order valence-corrected chi connectivity index (χ4v) is 3.93. The van der Waals surface area contributed by atoms with Crippen molar-refractivity contribution in [2.75, 3.05) is 33.3 Å². The maximum atomic E-state index is 12.9. The van der Waals surface area contributed by atoms with E-state index >= 15 is 0 Å². The van der Waals surface area contributed by atoms with Gasteiger partial charge in [0.25, 0.3) is 5.91 Å². The van der Waals surface area contributed by atoms with E-state index in [1.165, 1.54) is 19.3 Å². The molecule has 0 aromatic heterocycles. The first-order chi connectivity index (χ1) is 17.7. The molecule has 1 heterocycles. The number of hydrogen-bond acceptors (Lipinski definition) is 4. The minimum atomic E-state index is -5.08. The average Bonchev–Trinajstić information content (AvgIpc) is 3.72. The summed E-state index contributed by atoms with van der Waals surface area (Å²) in [5, 5.41) is 10.7. The summed E-state index contributed by atoms with van der Waals surface area (Å²) in [4.78, 5) is 23.9. The van der Waals surface area contributed by atoms with Crippen LogP contribution < -0.4 is 10.1 Å². The fraction of sp³-hybridized carbons (Fsp3) is 0.429. The van der Waals surface area contributed by atoms with E-state index in [2.05, 4.69) is 17.2 Å². The minimum Gasteiger partial charge on any atom is -0.497 e. The number of hydrogen-bond donors (Lipinski definition) is 2. The zero-order valence-electron chi connectivity index (χ0n) is 20.7. The number of aliphatic carboxylic acids is 1. The van der Waals surface area contributed by atoms with E-state index < -0.39 is 12.1 Å². The van der Waals surface area contributed by atoms with E-state index in [1.54, 1.807) is 7.11 Å². The molecule has 37 heavy (non-hydrogen) atoms. The molecule has 1 amide bonds. The predicted octanol–water partition coefficient (Wildman–Crippen LogP) is 4.58. The van der Waals surface area contributed by atoms with E-state index in [4.69, 9.17) is 14.6 Å². The van der Waals surface area contributed by atoms with Crippen molar-refractivity contribution < 1.29 is 32.6 Å². The number of halogens is 3. The summed E-state index contributed by atoms with van der Waals surface area (Å²) in [6.07, 6.45) is -0.0280.